The third-order valence-electron chi connectivity index (χ3n) is 1.71. The molecular weight excluding hydrogens is 104 g/mol. The molecule has 46 valence electrons. The predicted octanol–water partition coefficient (Wildman–Crippen LogP) is 1.12. The van der Waals surface area contributed by atoms with Crippen molar-refractivity contribution >= 4 is 5.97 Å². The molecule has 1 aliphatic carbocycles. The summed E-state index contributed by atoms with van der Waals surface area (Å²) in [6.45, 7) is 2.09. The first-order valence-corrected chi connectivity index (χ1v) is 2.92. The summed E-state index contributed by atoms with van der Waals surface area (Å²) in [5, 5.41) is 8.24. The average molecular weight is 114 g/mol. The molecule has 0 radical (unpaired) electrons. The molecule has 0 saturated heterocycles. The lowest BCUT2D eigenvalue weighted by Gasteiger charge is -1.85. The van der Waals surface area contributed by atoms with Gasteiger partial charge in [0.2, 0.25) is 0 Å². The smallest absolute Gasteiger partial charge is 0.303 e. The van der Waals surface area contributed by atoms with Crippen molar-refractivity contribution in [2.45, 2.75) is 19.8 Å². The molecule has 0 amide bonds. The van der Waals surface area contributed by atoms with Crippen LogP contribution in [0.5, 0.6) is 0 Å². The minimum atomic E-state index is -0.653. The lowest BCUT2D eigenvalue weighted by atomic mass is 10.2. The van der Waals surface area contributed by atoms with Gasteiger partial charge in [-0.15, -0.1) is 0 Å². The maximum atomic E-state index is 10.00. The second-order valence-corrected chi connectivity index (χ2v) is 2.57. The summed E-state index contributed by atoms with van der Waals surface area (Å²) in [6, 6.07) is 0. The Kier molecular flexibility index (Phi) is 1.24. The lowest BCUT2D eigenvalue weighted by molar-refractivity contribution is -0.137. The summed E-state index contributed by atoms with van der Waals surface area (Å²) in [5.41, 5.74) is 0. The fourth-order valence-electron chi connectivity index (χ4n) is 0.908. The first-order valence-electron chi connectivity index (χ1n) is 2.92. The summed E-state index contributed by atoms with van der Waals surface area (Å²) in [7, 11) is 0. The molecule has 0 aromatic heterocycles. The van der Waals surface area contributed by atoms with Crippen LogP contribution in [0.1, 0.15) is 19.8 Å². The molecule has 0 bridgehead atoms. The zero-order valence-electron chi connectivity index (χ0n) is 4.92. The van der Waals surface area contributed by atoms with Crippen molar-refractivity contribution < 1.29 is 9.90 Å². The molecule has 0 heterocycles. The molecule has 0 spiro atoms. The Morgan fingerprint density at radius 3 is 2.50 bits per heavy atom. The number of rotatable bonds is 2. The van der Waals surface area contributed by atoms with E-state index >= 15 is 0 Å². The molecule has 0 aromatic carbocycles. The van der Waals surface area contributed by atoms with Crippen LogP contribution in [0, 0.1) is 11.8 Å². The summed E-state index contributed by atoms with van der Waals surface area (Å²) >= 11 is 0. The van der Waals surface area contributed by atoms with E-state index in [2.05, 4.69) is 6.92 Å². The van der Waals surface area contributed by atoms with Crippen molar-refractivity contribution in [1.82, 2.24) is 0 Å². The Labute approximate surface area is 48.5 Å². The van der Waals surface area contributed by atoms with Gasteiger partial charge in [0.05, 0.1) is 0 Å². The van der Waals surface area contributed by atoms with E-state index in [1.165, 1.54) is 0 Å². The molecule has 0 unspecified atom stereocenters. The number of hydrogen-bond acceptors (Lipinski definition) is 1. The number of carboxylic acids is 1. The molecule has 1 fully saturated rings. The van der Waals surface area contributed by atoms with Gasteiger partial charge in [-0.3, -0.25) is 4.79 Å². The Hall–Kier alpha value is -0.530. The van der Waals surface area contributed by atoms with Gasteiger partial charge in [-0.1, -0.05) is 6.92 Å². The highest BCUT2D eigenvalue weighted by Gasteiger charge is 2.33. The van der Waals surface area contributed by atoms with E-state index in [9.17, 15) is 4.79 Å². The highest BCUT2D eigenvalue weighted by molar-refractivity contribution is 5.67. The SMILES string of the molecule is C[C@@H]1C[C@@H]1CC(=O)O. The first-order chi connectivity index (χ1) is 3.70. The maximum absolute atomic E-state index is 10.00. The van der Waals surface area contributed by atoms with Crippen molar-refractivity contribution in [1.29, 1.82) is 0 Å². The van der Waals surface area contributed by atoms with Gasteiger partial charge >= 0.3 is 5.97 Å². The van der Waals surface area contributed by atoms with Crippen LogP contribution in [0.4, 0.5) is 0 Å². The van der Waals surface area contributed by atoms with Gasteiger partial charge in [-0.25, -0.2) is 0 Å². The van der Waals surface area contributed by atoms with Gasteiger partial charge in [-0.05, 0) is 18.3 Å². The highest BCUT2D eigenvalue weighted by atomic mass is 16.4. The molecule has 2 nitrogen and oxygen atoms in total. The van der Waals surface area contributed by atoms with E-state index in [0.29, 0.717) is 18.3 Å². The average Bonchev–Trinajstić information content (AvgIpc) is 2.17. The quantitative estimate of drug-likeness (QED) is 0.584. The van der Waals surface area contributed by atoms with Crippen LogP contribution >= 0.6 is 0 Å². The summed E-state index contributed by atoms with van der Waals surface area (Å²) in [5.74, 6) is 0.512. The van der Waals surface area contributed by atoms with Crippen LogP contribution < -0.4 is 0 Å². The maximum Gasteiger partial charge on any atom is 0.303 e. The van der Waals surface area contributed by atoms with Crippen LogP contribution in [-0.2, 0) is 4.79 Å². The molecule has 1 saturated carbocycles. The number of hydrogen-bond donors (Lipinski definition) is 1. The van der Waals surface area contributed by atoms with Gasteiger partial charge in [0.25, 0.3) is 0 Å². The van der Waals surface area contributed by atoms with Gasteiger partial charge in [-0.2, -0.15) is 0 Å². The number of carboxylic acid groups (broad SMARTS) is 1. The largest absolute Gasteiger partial charge is 0.481 e. The molecule has 0 aromatic rings. The van der Waals surface area contributed by atoms with E-state index in [-0.39, 0.29) is 0 Å². The Bertz CT molecular complexity index is 109. The van der Waals surface area contributed by atoms with Gasteiger partial charge in [0.1, 0.15) is 0 Å². The first kappa shape index (κ1) is 5.60. The summed E-state index contributed by atoms with van der Waals surface area (Å²) in [4.78, 5) is 10.00. The monoisotopic (exact) mass is 114 g/mol. The molecule has 1 rings (SSSR count). The molecule has 2 atom stereocenters. The molecular formula is C6H10O2. The van der Waals surface area contributed by atoms with Gasteiger partial charge < -0.3 is 5.11 Å². The molecule has 2 heteroatoms. The summed E-state index contributed by atoms with van der Waals surface area (Å²) < 4.78 is 0. The minimum absolute atomic E-state index is 0.376. The zero-order chi connectivity index (χ0) is 6.15. The van der Waals surface area contributed by atoms with Crippen LogP contribution in [0.15, 0.2) is 0 Å². The molecule has 0 aliphatic heterocycles. The van der Waals surface area contributed by atoms with E-state index in [1.807, 2.05) is 0 Å². The number of carbonyl (C=O) groups is 1. The van der Waals surface area contributed by atoms with Gasteiger partial charge in [0, 0.05) is 6.42 Å². The zero-order valence-corrected chi connectivity index (χ0v) is 4.92. The van der Waals surface area contributed by atoms with Crippen LogP contribution in [0.2, 0.25) is 0 Å². The molecule has 1 aliphatic rings. The fraction of sp³-hybridized carbons (Fsp3) is 0.833. The van der Waals surface area contributed by atoms with Crippen LogP contribution in [0.3, 0.4) is 0 Å². The normalized spacial score (nSPS) is 34.6. The standard InChI is InChI=1S/C6H10O2/c1-4-2-5(4)3-6(7)8/h4-5H,2-3H2,1H3,(H,7,8)/t4-,5-/m1/s1. The van der Waals surface area contributed by atoms with Crippen molar-refractivity contribution in [3.05, 3.63) is 0 Å². The fourth-order valence-corrected chi connectivity index (χ4v) is 0.908. The molecule has 1 N–H and O–H groups in total. The van der Waals surface area contributed by atoms with Gasteiger partial charge in [0.15, 0.2) is 0 Å². The third-order valence-corrected chi connectivity index (χ3v) is 1.71. The number of aliphatic carboxylic acids is 1. The van der Waals surface area contributed by atoms with E-state index in [0.717, 1.165) is 6.42 Å². The lowest BCUT2D eigenvalue weighted by Crippen LogP contribution is -1.95. The van der Waals surface area contributed by atoms with Crippen molar-refractivity contribution in [2.75, 3.05) is 0 Å². The molecule has 8 heavy (non-hydrogen) atoms. The highest BCUT2D eigenvalue weighted by Crippen LogP contribution is 2.40. The van der Waals surface area contributed by atoms with E-state index in [4.69, 9.17) is 5.11 Å². The van der Waals surface area contributed by atoms with Crippen molar-refractivity contribution in [3.63, 3.8) is 0 Å². The van der Waals surface area contributed by atoms with Crippen molar-refractivity contribution in [3.8, 4) is 0 Å². The second-order valence-electron chi connectivity index (χ2n) is 2.57. The Morgan fingerprint density at radius 1 is 1.88 bits per heavy atom. The van der Waals surface area contributed by atoms with Crippen LogP contribution in [0.25, 0.3) is 0 Å². The summed E-state index contributed by atoms with van der Waals surface area (Å²) in [6.07, 6.45) is 1.49. The Morgan fingerprint density at radius 2 is 2.38 bits per heavy atom. The topological polar surface area (TPSA) is 37.3 Å². The van der Waals surface area contributed by atoms with E-state index < -0.39 is 5.97 Å². The minimum Gasteiger partial charge on any atom is -0.481 e. The second kappa shape index (κ2) is 1.77. The third kappa shape index (κ3) is 1.22. The van der Waals surface area contributed by atoms with E-state index in [1.54, 1.807) is 0 Å². The van der Waals surface area contributed by atoms with Crippen LogP contribution in [-0.4, -0.2) is 11.1 Å². The predicted molar refractivity (Wildman–Crippen MR) is 29.5 cm³/mol. The Balaban J connectivity index is 2.14. The van der Waals surface area contributed by atoms with Crippen molar-refractivity contribution in [2.24, 2.45) is 11.8 Å².